The number of nitrogens with zero attached hydrogens (tertiary/aromatic N) is 1. The largest absolute Gasteiger partial charge is 0.480 e. The number of rotatable bonds is 5. The van der Waals surface area contributed by atoms with Crippen LogP contribution in [-0.2, 0) is 14.4 Å². The van der Waals surface area contributed by atoms with Crippen LogP contribution >= 0.6 is 0 Å². The molecule has 88 valence electrons. The number of carboxylic acid groups (broad SMARTS) is 1. The molecule has 1 aliphatic heterocycles. The number of piperidine rings is 1. The molecular formula is C10H14N2O4. The first-order chi connectivity index (χ1) is 7.56. The molecule has 0 aromatic carbocycles. The maximum absolute atomic E-state index is 11.6. The van der Waals surface area contributed by atoms with Gasteiger partial charge >= 0.3 is 5.97 Å². The van der Waals surface area contributed by atoms with Gasteiger partial charge in [0.2, 0.25) is 11.8 Å². The van der Waals surface area contributed by atoms with Crippen LogP contribution in [-0.4, -0.2) is 47.4 Å². The van der Waals surface area contributed by atoms with E-state index in [4.69, 9.17) is 5.11 Å². The first-order valence-electron chi connectivity index (χ1n) is 5.31. The fourth-order valence-electron chi connectivity index (χ4n) is 2.12. The second kappa shape index (κ2) is 3.86. The van der Waals surface area contributed by atoms with Gasteiger partial charge in [-0.1, -0.05) is 0 Å². The van der Waals surface area contributed by atoms with Crippen molar-refractivity contribution in [1.29, 1.82) is 0 Å². The van der Waals surface area contributed by atoms with Crippen LogP contribution in [0.25, 0.3) is 0 Å². The van der Waals surface area contributed by atoms with Crippen LogP contribution in [0.3, 0.4) is 0 Å². The summed E-state index contributed by atoms with van der Waals surface area (Å²) in [7, 11) is 1.55. The molecule has 2 amide bonds. The van der Waals surface area contributed by atoms with Gasteiger partial charge in [-0.2, -0.15) is 0 Å². The van der Waals surface area contributed by atoms with Gasteiger partial charge < -0.3 is 10.4 Å². The van der Waals surface area contributed by atoms with Crippen molar-refractivity contribution < 1.29 is 19.5 Å². The lowest BCUT2D eigenvalue weighted by molar-refractivity contribution is -0.144. The molecule has 2 N–H and O–H groups in total. The van der Waals surface area contributed by atoms with Gasteiger partial charge in [-0.25, -0.2) is 0 Å². The van der Waals surface area contributed by atoms with Crippen molar-refractivity contribution in [2.45, 2.75) is 18.9 Å². The molecule has 0 spiro atoms. The Morgan fingerprint density at radius 1 is 1.50 bits per heavy atom. The molecule has 0 aromatic heterocycles. The summed E-state index contributed by atoms with van der Waals surface area (Å²) in [6, 6.07) is -0.711. The molecule has 2 aliphatic rings. The lowest BCUT2D eigenvalue weighted by atomic mass is 10.2. The van der Waals surface area contributed by atoms with Crippen molar-refractivity contribution in [3.63, 3.8) is 0 Å². The van der Waals surface area contributed by atoms with E-state index in [1.54, 1.807) is 7.05 Å². The number of imide groups is 1. The molecule has 2 fully saturated rings. The molecule has 3 unspecified atom stereocenters. The van der Waals surface area contributed by atoms with Gasteiger partial charge in [-0.3, -0.25) is 19.3 Å². The van der Waals surface area contributed by atoms with E-state index in [0.717, 1.165) is 0 Å². The van der Waals surface area contributed by atoms with E-state index in [9.17, 15) is 14.4 Å². The molecule has 0 bridgehead atoms. The highest BCUT2D eigenvalue weighted by molar-refractivity contribution is 6.08. The molecule has 0 radical (unpaired) electrons. The molecule has 0 aromatic rings. The molecule has 16 heavy (non-hydrogen) atoms. The summed E-state index contributed by atoms with van der Waals surface area (Å²) in [5.41, 5.74) is 0. The highest BCUT2D eigenvalue weighted by atomic mass is 16.4. The summed E-state index contributed by atoms with van der Waals surface area (Å²) in [6.07, 6.45) is 0.936. The molecular weight excluding hydrogens is 212 g/mol. The number of amides is 2. The molecule has 1 heterocycles. The van der Waals surface area contributed by atoms with Gasteiger partial charge in [0.25, 0.3) is 0 Å². The SMILES string of the molecule is CNC(CCN1C(=O)C2CC2C1=O)C(=O)O. The van der Waals surface area contributed by atoms with Gasteiger partial charge in [0.1, 0.15) is 6.04 Å². The standard InChI is InChI=1S/C10H14N2O4/c1-11-7(10(15)16)2-3-12-8(13)5-4-6(5)9(12)14/h5-7,11H,2-4H2,1H3,(H,15,16). The second-order valence-electron chi connectivity index (χ2n) is 4.24. The number of likely N-dealkylation sites (tertiary alicyclic amines) is 1. The van der Waals surface area contributed by atoms with Crippen molar-refractivity contribution >= 4 is 17.8 Å². The van der Waals surface area contributed by atoms with Crippen LogP contribution in [0.2, 0.25) is 0 Å². The molecule has 1 aliphatic carbocycles. The van der Waals surface area contributed by atoms with Crippen LogP contribution in [0.5, 0.6) is 0 Å². The van der Waals surface area contributed by atoms with E-state index in [1.165, 1.54) is 4.90 Å². The lowest BCUT2D eigenvalue weighted by Crippen LogP contribution is -2.40. The van der Waals surface area contributed by atoms with E-state index >= 15 is 0 Å². The molecule has 6 nitrogen and oxygen atoms in total. The normalized spacial score (nSPS) is 29.2. The van der Waals surface area contributed by atoms with E-state index < -0.39 is 12.0 Å². The maximum atomic E-state index is 11.6. The summed E-state index contributed by atoms with van der Waals surface area (Å²) in [5.74, 6) is -1.44. The number of carboxylic acids is 1. The average molecular weight is 226 g/mol. The van der Waals surface area contributed by atoms with Crippen LogP contribution in [0, 0.1) is 11.8 Å². The van der Waals surface area contributed by atoms with Crippen molar-refractivity contribution in [3.8, 4) is 0 Å². The quantitative estimate of drug-likeness (QED) is 0.590. The minimum atomic E-state index is -0.966. The third kappa shape index (κ3) is 1.69. The Kier molecular flexibility index (Phi) is 2.67. The first-order valence-corrected chi connectivity index (χ1v) is 5.31. The lowest BCUT2D eigenvalue weighted by Gasteiger charge is -2.18. The number of hydrogen-bond donors (Lipinski definition) is 2. The van der Waals surface area contributed by atoms with Crippen LogP contribution in [0.4, 0.5) is 0 Å². The Hall–Kier alpha value is -1.43. The zero-order chi connectivity index (χ0) is 11.9. The second-order valence-corrected chi connectivity index (χ2v) is 4.24. The maximum Gasteiger partial charge on any atom is 0.320 e. The highest BCUT2D eigenvalue weighted by Crippen LogP contribution is 2.46. The molecule has 3 atom stereocenters. The number of fused-ring (bicyclic) bond motifs is 1. The summed E-state index contributed by atoms with van der Waals surface area (Å²) in [4.78, 5) is 35.1. The summed E-state index contributed by atoms with van der Waals surface area (Å²) < 4.78 is 0. The Balaban J connectivity index is 1.89. The third-order valence-corrected chi connectivity index (χ3v) is 3.24. The van der Waals surface area contributed by atoms with Crippen LogP contribution in [0.1, 0.15) is 12.8 Å². The number of aliphatic carboxylic acids is 1. The van der Waals surface area contributed by atoms with Crippen LogP contribution < -0.4 is 5.32 Å². The number of carbonyl (C=O) groups excluding carboxylic acids is 2. The predicted octanol–water partition coefficient (Wildman–Crippen LogP) is -0.946. The minimum Gasteiger partial charge on any atom is -0.480 e. The number of carbonyl (C=O) groups is 3. The topological polar surface area (TPSA) is 86.7 Å². The Morgan fingerprint density at radius 3 is 2.50 bits per heavy atom. The Labute approximate surface area is 92.6 Å². The van der Waals surface area contributed by atoms with Gasteiger partial charge in [0.15, 0.2) is 0 Å². The zero-order valence-electron chi connectivity index (χ0n) is 8.97. The Bertz CT molecular complexity index is 335. The van der Waals surface area contributed by atoms with Gasteiger partial charge in [0, 0.05) is 6.54 Å². The van der Waals surface area contributed by atoms with Crippen molar-refractivity contribution in [2.75, 3.05) is 13.6 Å². The molecule has 6 heteroatoms. The molecule has 1 saturated carbocycles. The monoisotopic (exact) mass is 226 g/mol. The molecule has 2 rings (SSSR count). The van der Waals surface area contributed by atoms with Crippen LogP contribution in [0.15, 0.2) is 0 Å². The van der Waals surface area contributed by atoms with E-state index in [-0.39, 0.29) is 36.6 Å². The van der Waals surface area contributed by atoms with E-state index in [2.05, 4.69) is 5.32 Å². The van der Waals surface area contributed by atoms with E-state index in [0.29, 0.717) is 6.42 Å². The zero-order valence-corrected chi connectivity index (χ0v) is 8.97. The third-order valence-electron chi connectivity index (χ3n) is 3.24. The fourth-order valence-corrected chi connectivity index (χ4v) is 2.12. The highest BCUT2D eigenvalue weighted by Gasteiger charge is 2.58. The van der Waals surface area contributed by atoms with Gasteiger partial charge in [-0.05, 0) is 19.9 Å². The summed E-state index contributed by atoms with van der Waals surface area (Å²) in [5, 5.41) is 11.4. The van der Waals surface area contributed by atoms with Crippen molar-refractivity contribution in [2.24, 2.45) is 11.8 Å². The van der Waals surface area contributed by atoms with Crippen molar-refractivity contribution in [1.82, 2.24) is 10.2 Å². The first kappa shape index (κ1) is 11.1. The summed E-state index contributed by atoms with van der Waals surface area (Å²) in [6.45, 7) is 0.197. The number of likely N-dealkylation sites (N-methyl/N-ethyl adjacent to an activating group) is 1. The van der Waals surface area contributed by atoms with Gasteiger partial charge in [-0.15, -0.1) is 0 Å². The number of hydrogen-bond acceptors (Lipinski definition) is 4. The minimum absolute atomic E-state index is 0.106. The van der Waals surface area contributed by atoms with Gasteiger partial charge in [0.05, 0.1) is 11.8 Å². The fraction of sp³-hybridized carbons (Fsp3) is 0.700. The van der Waals surface area contributed by atoms with Crippen molar-refractivity contribution in [3.05, 3.63) is 0 Å². The number of nitrogens with one attached hydrogen (secondary N) is 1. The molecule has 1 saturated heterocycles. The Morgan fingerprint density at radius 2 is 2.06 bits per heavy atom. The average Bonchev–Trinajstić information content (AvgIpc) is 2.97. The summed E-state index contributed by atoms with van der Waals surface area (Å²) >= 11 is 0. The smallest absolute Gasteiger partial charge is 0.320 e. The predicted molar refractivity (Wildman–Crippen MR) is 53.4 cm³/mol. The van der Waals surface area contributed by atoms with E-state index in [1.807, 2.05) is 0 Å².